The maximum atomic E-state index is 10.9. The first-order valence-electron chi connectivity index (χ1n) is 6.79. The first-order valence-corrected chi connectivity index (χ1v) is 6.79. The molecular weight excluding hydrogens is 224 g/mol. The molecule has 3 nitrogen and oxygen atoms in total. The molecule has 1 aromatic carbocycles. The number of anilines is 1. The van der Waals surface area contributed by atoms with Gasteiger partial charge in [0, 0.05) is 17.8 Å². The lowest BCUT2D eigenvalue weighted by Crippen LogP contribution is -2.20. The summed E-state index contributed by atoms with van der Waals surface area (Å²) in [5.41, 5.74) is 6.84. The zero-order valence-corrected chi connectivity index (χ0v) is 11.0. The largest absolute Gasteiger partial charge is 0.385 e. The first-order chi connectivity index (χ1) is 8.65. The predicted molar refractivity (Wildman–Crippen MR) is 74.6 cm³/mol. The maximum absolute atomic E-state index is 10.9. The van der Waals surface area contributed by atoms with Crippen molar-refractivity contribution >= 4 is 11.6 Å². The second kappa shape index (κ2) is 5.89. The highest BCUT2D eigenvalue weighted by molar-refractivity contribution is 5.93. The molecule has 0 saturated heterocycles. The Morgan fingerprint density at radius 3 is 2.39 bits per heavy atom. The number of hydrogen-bond donors (Lipinski definition) is 2. The highest BCUT2D eigenvalue weighted by atomic mass is 16.1. The summed E-state index contributed by atoms with van der Waals surface area (Å²) < 4.78 is 0. The lowest BCUT2D eigenvalue weighted by atomic mass is 9.83. The summed E-state index contributed by atoms with van der Waals surface area (Å²) >= 11 is 0. The smallest absolute Gasteiger partial charge is 0.248 e. The van der Waals surface area contributed by atoms with Crippen LogP contribution in [0, 0.1) is 11.8 Å². The molecule has 98 valence electrons. The van der Waals surface area contributed by atoms with E-state index in [2.05, 4.69) is 12.2 Å². The Hall–Kier alpha value is -1.51. The van der Waals surface area contributed by atoms with Crippen molar-refractivity contribution in [3.63, 3.8) is 0 Å². The molecule has 1 saturated carbocycles. The summed E-state index contributed by atoms with van der Waals surface area (Å²) in [5, 5.41) is 3.44. The van der Waals surface area contributed by atoms with Gasteiger partial charge in [-0.05, 0) is 48.9 Å². The van der Waals surface area contributed by atoms with Crippen LogP contribution in [0.3, 0.4) is 0 Å². The molecule has 0 heterocycles. The Bertz CT molecular complexity index is 391. The number of benzene rings is 1. The third-order valence-corrected chi connectivity index (χ3v) is 3.90. The van der Waals surface area contributed by atoms with Crippen molar-refractivity contribution in [3.05, 3.63) is 29.8 Å². The van der Waals surface area contributed by atoms with E-state index in [1.807, 2.05) is 12.1 Å². The number of nitrogens with one attached hydrogen (secondary N) is 1. The van der Waals surface area contributed by atoms with Gasteiger partial charge in [-0.2, -0.15) is 0 Å². The summed E-state index contributed by atoms with van der Waals surface area (Å²) in [4.78, 5) is 10.9. The minimum atomic E-state index is -0.372. The molecule has 0 spiro atoms. The molecule has 0 radical (unpaired) electrons. The van der Waals surface area contributed by atoms with Gasteiger partial charge in [0.15, 0.2) is 0 Å². The molecule has 1 amide bonds. The third kappa shape index (κ3) is 3.49. The Balaban J connectivity index is 1.81. The van der Waals surface area contributed by atoms with Gasteiger partial charge in [-0.25, -0.2) is 0 Å². The molecular formula is C15H22N2O. The summed E-state index contributed by atoms with van der Waals surface area (Å²) in [5.74, 6) is 1.32. The van der Waals surface area contributed by atoms with Gasteiger partial charge < -0.3 is 11.1 Å². The molecule has 2 rings (SSSR count). The van der Waals surface area contributed by atoms with Gasteiger partial charge >= 0.3 is 0 Å². The van der Waals surface area contributed by atoms with Crippen LogP contribution in [0.1, 0.15) is 43.0 Å². The number of carbonyl (C=O) groups is 1. The van der Waals surface area contributed by atoms with E-state index in [1.165, 1.54) is 25.7 Å². The SMILES string of the molecule is CC1CCC(CNc2ccc(C(N)=O)cc2)CC1. The van der Waals surface area contributed by atoms with E-state index in [9.17, 15) is 4.79 Å². The monoisotopic (exact) mass is 246 g/mol. The fraction of sp³-hybridized carbons (Fsp3) is 0.533. The van der Waals surface area contributed by atoms with E-state index >= 15 is 0 Å². The van der Waals surface area contributed by atoms with Crippen LogP contribution < -0.4 is 11.1 Å². The van der Waals surface area contributed by atoms with Crippen LogP contribution in [0.4, 0.5) is 5.69 Å². The average molecular weight is 246 g/mol. The van der Waals surface area contributed by atoms with Crippen LogP contribution in [0.25, 0.3) is 0 Å². The first kappa shape index (κ1) is 12.9. The lowest BCUT2D eigenvalue weighted by molar-refractivity contribution is 0.100. The van der Waals surface area contributed by atoms with Gasteiger partial charge in [-0.3, -0.25) is 4.79 Å². The fourth-order valence-electron chi connectivity index (χ4n) is 2.55. The van der Waals surface area contributed by atoms with Gasteiger partial charge in [-0.1, -0.05) is 19.8 Å². The molecule has 1 fully saturated rings. The highest BCUT2D eigenvalue weighted by Gasteiger charge is 2.17. The molecule has 0 atom stereocenters. The van der Waals surface area contributed by atoms with Crippen molar-refractivity contribution in [2.45, 2.75) is 32.6 Å². The van der Waals surface area contributed by atoms with Gasteiger partial charge in [0.2, 0.25) is 5.91 Å². The zero-order valence-electron chi connectivity index (χ0n) is 11.0. The minimum absolute atomic E-state index is 0.372. The van der Waals surface area contributed by atoms with Crippen LogP contribution in [-0.4, -0.2) is 12.5 Å². The second-order valence-corrected chi connectivity index (χ2v) is 5.45. The number of rotatable bonds is 4. The number of carbonyl (C=O) groups excluding carboxylic acids is 1. The van der Waals surface area contributed by atoms with Gasteiger partial charge in [0.1, 0.15) is 0 Å². The lowest BCUT2D eigenvalue weighted by Gasteiger charge is -2.26. The quantitative estimate of drug-likeness (QED) is 0.858. The van der Waals surface area contributed by atoms with E-state index in [4.69, 9.17) is 5.73 Å². The Labute approximate surface area is 109 Å². The van der Waals surface area contributed by atoms with Gasteiger partial charge in [0.25, 0.3) is 0 Å². The van der Waals surface area contributed by atoms with Gasteiger partial charge in [0.05, 0.1) is 0 Å². The van der Waals surface area contributed by atoms with Crippen LogP contribution >= 0.6 is 0 Å². The van der Waals surface area contributed by atoms with E-state index in [0.717, 1.165) is 24.1 Å². The molecule has 18 heavy (non-hydrogen) atoms. The van der Waals surface area contributed by atoms with Crippen molar-refractivity contribution in [2.75, 3.05) is 11.9 Å². The molecule has 3 heteroatoms. The zero-order chi connectivity index (χ0) is 13.0. The van der Waals surface area contributed by atoms with E-state index in [1.54, 1.807) is 12.1 Å². The van der Waals surface area contributed by atoms with Crippen molar-refractivity contribution < 1.29 is 4.79 Å². The van der Waals surface area contributed by atoms with Gasteiger partial charge in [-0.15, -0.1) is 0 Å². The Kier molecular flexibility index (Phi) is 4.24. The molecule has 1 aromatic rings. The fourth-order valence-corrected chi connectivity index (χ4v) is 2.55. The van der Waals surface area contributed by atoms with Crippen LogP contribution in [0.5, 0.6) is 0 Å². The van der Waals surface area contributed by atoms with Crippen LogP contribution in [0.15, 0.2) is 24.3 Å². The number of nitrogens with two attached hydrogens (primary N) is 1. The number of primary amides is 1. The average Bonchev–Trinajstić information content (AvgIpc) is 2.38. The van der Waals surface area contributed by atoms with Crippen molar-refractivity contribution in [1.82, 2.24) is 0 Å². The Morgan fingerprint density at radius 1 is 1.22 bits per heavy atom. The number of amides is 1. The molecule has 1 aliphatic carbocycles. The molecule has 0 aliphatic heterocycles. The minimum Gasteiger partial charge on any atom is -0.385 e. The standard InChI is InChI=1S/C15H22N2O/c1-11-2-4-12(5-3-11)10-17-14-8-6-13(7-9-14)15(16)18/h6-9,11-12,17H,2-5,10H2,1H3,(H2,16,18). The Morgan fingerprint density at radius 2 is 1.83 bits per heavy atom. The van der Waals surface area contributed by atoms with Crippen molar-refractivity contribution in [3.8, 4) is 0 Å². The maximum Gasteiger partial charge on any atom is 0.248 e. The van der Waals surface area contributed by atoms with Crippen LogP contribution in [0.2, 0.25) is 0 Å². The third-order valence-electron chi connectivity index (χ3n) is 3.90. The highest BCUT2D eigenvalue weighted by Crippen LogP contribution is 2.28. The summed E-state index contributed by atoms with van der Waals surface area (Å²) in [6.45, 7) is 3.37. The predicted octanol–water partition coefficient (Wildman–Crippen LogP) is 3.02. The normalized spacial score (nSPS) is 23.6. The summed E-state index contributed by atoms with van der Waals surface area (Å²) in [6.07, 6.45) is 5.36. The summed E-state index contributed by atoms with van der Waals surface area (Å²) in [6, 6.07) is 7.39. The van der Waals surface area contributed by atoms with E-state index in [-0.39, 0.29) is 5.91 Å². The van der Waals surface area contributed by atoms with Crippen molar-refractivity contribution in [1.29, 1.82) is 0 Å². The summed E-state index contributed by atoms with van der Waals surface area (Å²) in [7, 11) is 0. The number of hydrogen-bond acceptors (Lipinski definition) is 2. The van der Waals surface area contributed by atoms with E-state index < -0.39 is 0 Å². The molecule has 0 bridgehead atoms. The molecule has 0 aromatic heterocycles. The van der Waals surface area contributed by atoms with Crippen LogP contribution in [-0.2, 0) is 0 Å². The second-order valence-electron chi connectivity index (χ2n) is 5.45. The molecule has 3 N–H and O–H groups in total. The van der Waals surface area contributed by atoms with Crippen molar-refractivity contribution in [2.24, 2.45) is 17.6 Å². The molecule has 1 aliphatic rings. The molecule has 0 unspecified atom stereocenters. The topological polar surface area (TPSA) is 55.1 Å². The van der Waals surface area contributed by atoms with E-state index in [0.29, 0.717) is 5.56 Å².